The van der Waals surface area contributed by atoms with Gasteiger partial charge in [0, 0.05) is 35.6 Å². The van der Waals surface area contributed by atoms with Gasteiger partial charge in [0.15, 0.2) is 0 Å². The van der Waals surface area contributed by atoms with Gasteiger partial charge in [0.2, 0.25) is 0 Å². The average Bonchev–Trinajstić information content (AvgIpc) is 3.22. The van der Waals surface area contributed by atoms with E-state index in [0.29, 0.717) is 18.0 Å². The first-order chi connectivity index (χ1) is 18.1. The second-order valence-electron chi connectivity index (χ2n) is 11.1. The van der Waals surface area contributed by atoms with Gasteiger partial charge in [-0.2, -0.15) is 13.2 Å². The Bertz CT molecular complexity index is 1360. The molecule has 2 fully saturated rings. The first kappa shape index (κ1) is 25.0. The quantitative estimate of drug-likeness (QED) is 0.567. The fourth-order valence-corrected chi connectivity index (χ4v) is 7.55. The summed E-state index contributed by atoms with van der Waals surface area (Å²) < 4.78 is 45.2. The first-order valence-corrected chi connectivity index (χ1v) is 13.1. The van der Waals surface area contributed by atoms with E-state index >= 15 is 0 Å². The zero-order valence-electron chi connectivity index (χ0n) is 21.3. The van der Waals surface area contributed by atoms with E-state index in [1.807, 2.05) is 12.1 Å². The molecule has 0 aromatic heterocycles. The lowest BCUT2D eigenvalue weighted by Gasteiger charge is -2.60. The van der Waals surface area contributed by atoms with Crippen molar-refractivity contribution in [2.45, 2.75) is 62.4 Å². The Morgan fingerprint density at radius 2 is 1.92 bits per heavy atom. The molecule has 2 aliphatic heterocycles. The molecule has 2 aromatic rings. The van der Waals surface area contributed by atoms with Crippen LogP contribution in [0.25, 0.3) is 0 Å². The summed E-state index contributed by atoms with van der Waals surface area (Å²) in [6.07, 6.45) is -1.18. The highest BCUT2D eigenvalue weighted by molar-refractivity contribution is 5.94. The van der Waals surface area contributed by atoms with Gasteiger partial charge in [-0.3, -0.25) is 14.5 Å². The number of piperidine rings is 1. The number of carbonyl (C=O) groups is 2. The van der Waals surface area contributed by atoms with Crippen molar-refractivity contribution >= 4 is 11.7 Å². The van der Waals surface area contributed by atoms with Crippen LogP contribution in [0.3, 0.4) is 0 Å². The number of ether oxygens (including phenoxy) is 1. The third kappa shape index (κ3) is 3.82. The summed E-state index contributed by atoms with van der Waals surface area (Å²) in [4.78, 5) is 29.2. The number of nitrogens with zero attached hydrogens (tertiary/aromatic N) is 2. The lowest BCUT2D eigenvalue weighted by atomic mass is 9.51. The SMILES string of the molecule is CC(=O)CN1CC[C@]23c4c5cccc4O[C@H]2[C@@H](N(C)C(=O)C#Cc2ccc(C(F)(F)F)cc2)CC[C@H]3[C@H]1C5. The van der Waals surface area contributed by atoms with E-state index in [-0.39, 0.29) is 35.3 Å². The van der Waals surface area contributed by atoms with Gasteiger partial charge in [0.05, 0.1) is 18.2 Å². The molecule has 2 bridgehead atoms. The van der Waals surface area contributed by atoms with E-state index in [1.54, 1.807) is 18.9 Å². The predicted molar refractivity (Wildman–Crippen MR) is 135 cm³/mol. The number of rotatable bonds is 3. The molecule has 38 heavy (non-hydrogen) atoms. The van der Waals surface area contributed by atoms with Crippen LogP contribution < -0.4 is 4.74 Å². The van der Waals surface area contributed by atoms with E-state index < -0.39 is 11.7 Å². The number of amides is 1. The highest BCUT2D eigenvalue weighted by Crippen LogP contribution is 2.62. The predicted octanol–water partition coefficient (Wildman–Crippen LogP) is 4.21. The van der Waals surface area contributed by atoms with Crippen LogP contribution in [-0.2, 0) is 27.6 Å². The van der Waals surface area contributed by atoms with E-state index in [0.717, 1.165) is 50.1 Å². The van der Waals surface area contributed by atoms with Gasteiger partial charge in [0.1, 0.15) is 17.6 Å². The summed E-state index contributed by atoms with van der Waals surface area (Å²) in [5.74, 6) is 6.39. The molecule has 1 saturated heterocycles. The molecular formula is C30H29F3N2O3. The number of ketones is 1. The van der Waals surface area contributed by atoms with Crippen LogP contribution in [0.2, 0.25) is 0 Å². The number of benzene rings is 2. The normalized spacial score (nSPS) is 29.0. The van der Waals surface area contributed by atoms with E-state index in [1.165, 1.54) is 23.3 Å². The van der Waals surface area contributed by atoms with E-state index in [9.17, 15) is 22.8 Å². The number of alkyl halides is 3. The zero-order valence-corrected chi connectivity index (χ0v) is 21.3. The van der Waals surface area contributed by atoms with Gasteiger partial charge in [0.25, 0.3) is 5.91 Å². The molecule has 1 saturated carbocycles. The van der Waals surface area contributed by atoms with E-state index in [2.05, 4.69) is 22.8 Å². The van der Waals surface area contributed by atoms with E-state index in [4.69, 9.17) is 4.74 Å². The Labute approximate surface area is 219 Å². The highest BCUT2D eigenvalue weighted by atomic mass is 19.4. The van der Waals surface area contributed by atoms with Crippen molar-refractivity contribution in [3.05, 3.63) is 64.7 Å². The minimum atomic E-state index is -4.42. The third-order valence-corrected chi connectivity index (χ3v) is 9.07. The molecule has 2 aromatic carbocycles. The molecule has 8 heteroatoms. The molecule has 5 atom stereocenters. The van der Waals surface area contributed by atoms with Crippen LogP contribution in [0.4, 0.5) is 13.2 Å². The number of likely N-dealkylation sites (tertiary alicyclic amines) is 1. The number of likely N-dealkylation sites (N-methyl/N-ethyl adjacent to an activating group) is 1. The lowest BCUT2D eigenvalue weighted by Crippen LogP contribution is -2.69. The van der Waals surface area contributed by atoms with Gasteiger partial charge >= 0.3 is 6.18 Å². The average molecular weight is 523 g/mol. The molecule has 0 unspecified atom stereocenters. The lowest BCUT2D eigenvalue weighted by molar-refractivity contribution is -0.137. The Hall–Kier alpha value is -3.31. The van der Waals surface area contributed by atoms with Gasteiger partial charge in [-0.05, 0) is 81.0 Å². The molecule has 4 aliphatic rings. The molecule has 2 heterocycles. The van der Waals surface area contributed by atoms with Crippen LogP contribution in [0.5, 0.6) is 5.75 Å². The van der Waals surface area contributed by atoms with Gasteiger partial charge in [-0.25, -0.2) is 0 Å². The number of carbonyl (C=O) groups excluding carboxylic acids is 2. The highest BCUT2D eigenvalue weighted by Gasteiger charge is 2.65. The second-order valence-corrected chi connectivity index (χ2v) is 11.1. The summed E-state index contributed by atoms with van der Waals surface area (Å²) in [6, 6.07) is 10.8. The van der Waals surface area contributed by atoms with Crippen LogP contribution in [-0.4, -0.2) is 59.8 Å². The minimum Gasteiger partial charge on any atom is -0.487 e. The third-order valence-electron chi connectivity index (χ3n) is 9.07. The molecule has 6 rings (SSSR count). The van der Waals surface area contributed by atoms with Gasteiger partial charge < -0.3 is 9.64 Å². The van der Waals surface area contributed by atoms with Crippen LogP contribution in [0, 0.1) is 17.8 Å². The van der Waals surface area contributed by atoms with Crippen LogP contribution in [0.1, 0.15) is 48.4 Å². The summed E-state index contributed by atoms with van der Waals surface area (Å²) in [6.45, 7) is 2.91. The Kier molecular flexibility index (Phi) is 5.84. The molecule has 1 spiro atoms. The number of halogens is 3. The summed E-state index contributed by atoms with van der Waals surface area (Å²) in [7, 11) is 1.74. The maximum atomic E-state index is 13.2. The fraction of sp³-hybridized carbons (Fsp3) is 0.467. The van der Waals surface area contributed by atoms with Crippen molar-refractivity contribution in [2.75, 3.05) is 20.1 Å². The molecule has 198 valence electrons. The van der Waals surface area contributed by atoms with Crippen LogP contribution in [0.15, 0.2) is 42.5 Å². The van der Waals surface area contributed by atoms with Gasteiger partial charge in [-0.15, -0.1) is 0 Å². The minimum absolute atomic E-state index is 0.172. The Morgan fingerprint density at radius 3 is 2.63 bits per heavy atom. The summed E-state index contributed by atoms with van der Waals surface area (Å²) >= 11 is 0. The first-order valence-electron chi connectivity index (χ1n) is 13.1. The van der Waals surface area contributed by atoms with Gasteiger partial charge in [-0.1, -0.05) is 18.1 Å². The van der Waals surface area contributed by atoms with Crippen LogP contribution >= 0.6 is 0 Å². The Morgan fingerprint density at radius 1 is 1.16 bits per heavy atom. The molecule has 2 aliphatic carbocycles. The standard InChI is InChI=1S/C30H29F3N2O3/c1-18(36)17-35-15-14-29-22-11-12-23(28(29)38-25-5-3-4-20(27(25)29)16-24(22)35)34(2)26(37)13-8-19-6-9-21(10-7-19)30(31,32)33/h3-7,9-10,22-24,28H,11-12,14-17H2,1-2H3/t22-,23-,24+,28-,29-/m0/s1. The van der Waals surface area contributed by atoms with Crippen molar-refractivity contribution in [3.63, 3.8) is 0 Å². The second kappa shape index (κ2) is 8.88. The molecule has 0 radical (unpaired) electrons. The number of hydrogen-bond acceptors (Lipinski definition) is 4. The van der Waals surface area contributed by atoms with Crippen molar-refractivity contribution < 1.29 is 27.5 Å². The van der Waals surface area contributed by atoms with Crippen molar-refractivity contribution in [2.24, 2.45) is 5.92 Å². The maximum absolute atomic E-state index is 13.2. The molecular weight excluding hydrogens is 493 g/mol. The molecule has 1 amide bonds. The zero-order chi connectivity index (χ0) is 26.8. The van der Waals surface area contributed by atoms with Crippen molar-refractivity contribution in [1.29, 1.82) is 0 Å². The topological polar surface area (TPSA) is 49.9 Å². The number of hydrogen-bond donors (Lipinski definition) is 0. The maximum Gasteiger partial charge on any atom is 0.416 e. The Balaban J connectivity index is 1.28. The largest absolute Gasteiger partial charge is 0.487 e. The molecule has 0 N–H and O–H groups in total. The number of Topliss-reactive ketones (excluding diaryl/α,β-unsaturated/α-hetero) is 1. The smallest absolute Gasteiger partial charge is 0.416 e. The monoisotopic (exact) mass is 522 g/mol. The molecule has 5 nitrogen and oxygen atoms in total. The summed E-state index contributed by atoms with van der Waals surface area (Å²) in [5.41, 5.74) is 1.95. The fourth-order valence-electron chi connectivity index (χ4n) is 7.55. The van der Waals surface area contributed by atoms with Crippen molar-refractivity contribution in [3.8, 4) is 17.6 Å². The van der Waals surface area contributed by atoms with Crippen molar-refractivity contribution in [1.82, 2.24) is 9.80 Å². The summed E-state index contributed by atoms with van der Waals surface area (Å²) in [5, 5.41) is 0.